The van der Waals surface area contributed by atoms with E-state index in [1.807, 2.05) is 0 Å². The molecule has 0 spiro atoms. The second-order valence-corrected chi connectivity index (χ2v) is 20.8. The van der Waals surface area contributed by atoms with E-state index in [-0.39, 0.29) is 67.4 Å². The number of carbonyl (C=O) groups excluding carboxylic acids is 2. The van der Waals surface area contributed by atoms with Crippen molar-refractivity contribution in [3.8, 4) is 28.9 Å². The Morgan fingerprint density at radius 2 is 1.16 bits per heavy atom. The van der Waals surface area contributed by atoms with Gasteiger partial charge in [-0.1, -0.05) is 45.7 Å². The van der Waals surface area contributed by atoms with E-state index in [4.69, 9.17) is 20.3 Å². The number of aromatic nitrogens is 8. The van der Waals surface area contributed by atoms with Gasteiger partial charge in [0.1, 0.15) is 17.2 Å². The Kier molecular flexibility index (Phi) is 15.5. The molecule has 7 heterocycles. The van der Waals surface area contributed by atoms with Gasteiger partial charge in [-0.05, 0) is 85.2 Å². The number of nitrogens with zero attached hydrogens (tertiary/aromatic N) is 10. The number of anilines is 2. The van der Waals surface area contributed by atoms with Gasteiger partial charge in [-0.3, -0.25) is 9.59 Å². The summed E-state index contributed by atoms with van der Waals surface area (Å²) in [6.45, 7) is 4.92. The minimum absolute atomic E-state index is 0.00852. The first-order valence-electron chi connectivity index (χ1n) is 24.7. The lowest BCUT2D eigenvalue weighted by atomic mass is 9.87. The first-order chi connectivity index (χ1) is 37.1. The number of alkyl halides is 12. The Morgan fingerprint density at radius 1 is 0.650 bits per heavy atom. The molecule has 2 atom stereocenters. The summed E-state index contributed by atoms with van der Waals surface area (Å²) in [7, 11) is 0. The summed E-state index contributed by atoms with van der Waals surface area (Å²) in [5, 5.41) is 33.5. The van der Waals surface area contributed by atoms with Crippen LogP contribution in [0.15, 0.2) is 51.6 Å². The number of hydrogen-bond acceptors (Lipinski definition) is 15. The molecule has 8 rings (SSSR count). The Balaban J connectivity index is 1.33. The number of benzene rings is 1. The maximum atomic E-state index is 15.4. The van der Waals surface area contributed by atoms with Crippen molar-refractivity contribution in [2.45, 2.75) is 134 Å². The molecule has 30 heteroatoms. The minimum Gasteiger partial charge on any atom is -0.416 e. The first kappa shape index (κ1) is 58.6. The van der Waals surface area contributed by atoms with Crippen molar-refractivity contribution in [2.75, 3.05) is 24.6 Å². The molecule has 430 valence electrons. The largest absolute Gasteiger partial charge is 0.435 e. The predicted octanol–water partition coefficient (Wildman–Crippen LogP) is 9.28. The van der Waals surface area contributed by atoms with Gasteiger partial charge >= 0.3 is 36.5 Å². The van der Waals surface area contributed by atoms with Crippen molar-refractivity contribution < 1.29 is 86.0 Å². The van der Waals surface area contributed by atoms with E-state index in [9.17, 15) is 46.1 Å². The van der Waals surface area contributed by atoms with Gasteiger partial charge in [0.05, 0.1) is 29.0 Å². The van der Waals surface area contributed by atoms with Crippen molar-refractivity contribution in [3.63, 3.8) is 0 Å². The molecule has 0 fully saturated rings. The smallest absolute Gasteiger partial charge is 0.416 e. The molecule has 1 aromatic carbocycles. The molecule has 2 aliphatic heterocycles. The summed E-state index contributed by atoms with van der Waals surface area (Å²) in [6.07, 6.45) is -22.4. The third kappa shape index (κ3) is 11.9. The zero-order valence-electron chi connectivity index (χ0n) is 42.9. The number of pyridine rings is 2. The van der Waals surface area contributed by atoms with Gasteiger partial charge in [0, 0.05) is 48.8 Å². The van der Waals surface area contributed by atoms with E-state index in [2.05, 4.69) is 35.2 Å². The van der Waals surface area contributed by atoms with Crippen LogP contribution in [0, 0.1) is 12.3 Å². The molecule has 0 radical (unpaired) electrons. The van der Waals surface area contributed by atoms with Gasteiger partial charge in [0.15, 0.2) is 5.69 Å². The van der Waals surface area contributed by atoms with Crippen molar-refractivity contribution in [1.29, 1.82) is 0 Å². The molecule has 0 unspecified atom stereocenters. The van der Waals surface area contributed by atoms with E-state index >= 15 is 26.3 Å². The maximum Gasteiger partial charge on any atom is 0.435 e. The second kappa shape index (κ2) is 21.2. The van der Waals surface area contributed by atoms with Crippen LogP contribution in [0.2, 0.25) is 0 Å². The highest BCUT2D eigenvalue weighted by atomic mass is 19.4. The molecule has 80 heavy (non-hydrogen) atoms. The summed E-state index contributed by atoms with van der Waals surface area (Å²) in [6, 6.07) is 4.61. The normalized spacial score (nSPS) is 19.5. The zero-order chi connectivity index (χ0) is 58.7. The van der Waals surface area contributed by atoms with Crippen molar-refractivity contribution in [2.24, 2.45) is 5.41 Å². The number of carbonyl (C=O) groups is 2. The molecule has 18 nitrogen and oxygen atoms in total. The number of fused-ring (bicyclic) bond motifs is 10. The van der Waals surface area contributed by atoms with Crippen LogP contribution in [0.1, 0.15) is 139 Å². The topological polar surface area (TPSA) is 254 Å². The lowest BCUT2D eigenvalue weighted by Gasteiger charge is -2.28. The number of nitrogen functional groups attached to an aromatic ring is 2. The van der Waals surface area contributed by atoms with Crippen LogP contribution in [0.25, 0.3) is 28.9 Å². The molecule has 6 aromatic rings. The molecule has 0 aliphatic carbocycles. The monoisotopic (exact) mass is 1140 g/mol. The molecule has 0 saturated carbocycles. The van der Waals surface area contributed by atoms with Gasteiger partial charge < -0.3 is 40.3 Å². The summed E-state index contributed by atoms with van der Waals surface area (Å²) < 4.78 is 191. The van der Waals surface area contributed by atoms with Gasteiger partial charge in [-0.2, -0.15) is 52.7 Å². The average molecular weight is 1140 g/mol. The van der Waals surface area contributed by atoms with Gasteiger partial charge in [-0.25, -0.2) is 19.9 Å². The fraction of sp³-hybridized carbons (Fsp3) is 0.480. The number of rotatable bonds is 6. The first-order valence-corrected chi connectivity index (χ1v) is 24.7. The quantitative estimate of drug-likeness (QED) is 0.0895. The number of halogens is 12. The number of nitrogens with two attached hydrogens (primary N) is 2. The second-order valence-electron chi connectivity index (χ2n) is 20.8. The molecule has 2 amide bonds. The summed E-state index contributed by atoms with van der Waals surface area (Å²) in [4.78, 5) is 47.1. The van der Waals surface area contributed by atoms with Crippen LogP contribution in [0.5, 0.6) is 0 Å². The molecular weight excluding hydrogens is 1090 g/mol. The van der Waals surface area contributed by atoms with E-state index in [0.29, 0.717) is 16.3 Å². The standard InChI is InChI=1S/C50H50F12N12O6/c1-25-21-65-33(66-22-25)24-73-16-10-6-8-14-46(78,50(60,61)62)43-71-74(41(80-43)37-31(64)19-29(48(54,55)56)35(68-37)40(73)76)32-17-26(11-12-27(32)20-44(2,3)4)23-72-15-9-5-7-13-45(77,49(57,58)59)42-70-69-38(79-42)36-30(63)18-28(47(51,52)53)34(67-36)39(72)75/h11-12,17-19,21-22,64,77-78H,5-10,13-16,20,23-24H2,1-4H3,(H2,63,69,75)/p+1/t45-,46-/m1/s1. The fourth-order valence-electron chi connectivity index (χ4n) is 9.20. The van der Waals surface area contributed by atoms with E-state index in [1.54, 1.807) is 27.7 Å². The average Bonchev–Trinajstić information content (AvgIpc) is 4.03. The van der Waals surface area contributed by atoms with Crippen molar-refractivity contribution >= 4 is 23.2 Å². The summed E-state index contributed by atoms with van der Waals surface area (Å²) in [5.41, 5.74) is -5.01. The van der Waals surface area contributed by atoms with Crippen molar-refractivity contribution in [1.82, 2.24) is 45.0 Å². The number of aliphatic hydroxyl groups is 2. The van der Waals surface area contributed by atoms with Crippen LogP contribution >= 0.6 is 0 Å². The highest BCUT2D eigenvalue weighted by Gasteiger charge is 2.61. The Hall–Kier alpha value is -7.50. The lowest BCUT2D eigenvalue weighted by Crippen LogP contribution is -2.45. The predicted molar refractivity (Wildman–Crippen MR) is 254 cm³/mol. The van der Waals surface area contributed by atoms with Gasteiger partial charge in [0.25, 0.3) is 23.6 Å². The Labute approximate surface area is 446 Å². The van der Waals surface area contributed by atoms with Crippen LogP contribution in [0.4, 0.5) is 64.1 Å². The molecule has 2 aliphatic rings. The number of amides is 2. The maximum absolute atomic E-state index is 15.4. The Morgan fingerprint density at radius 3 is 1.69 bits per heavy atom. The van der Waals surface area contributed by atoms with E-state index in [0.717, 1.165) is 9.80 Å². The van der Waals surface area contributed by atoms with Gasteiger partial charge in [0.2, 0.25) is 22.6 Å². The summed E-state index contributed by atoms with van der Waals surface area (Å²) >= 11 is 0. The number of aryl methyl sites for hydroxylation is 1. The third-order valence-corrected chi connectivity index (χ3v) is 13.3. The third-order valence-electron chi connectivity index (χ3n) is 13.3. The van der Waals surface area contributed by atoms with E-state index < -0.39 is 167 Å². The molecule has 6 N–H and O–H groups in total. The van der Waals surface area contributed by atoms with Crippen LogP contribution < -0.4 is 16.1 Å². The SMILES string of the molecule is Cc1cnc(CN2CCCCC[C@](O)(C(F)(F)F)c3n[n+](-c4cc(CN5CCCCC[C@](O)(C(F)(F)F)c6nnc(o6)-c6nc(c(C(F)(F)F)cc6N)C5=O)ccc4CC(C)(C)C)c(o3)-c3nc(c(C(F)(F)F)cc3N)C2=O)nc1. The van der Waals surface area contributed by atoms with E-state index in [1.165, 1.54) is 30.6 Å². The highest BCUT2D eigenvalue weighted by molar-refractivity contribution is 5.96. The molecule has 8 bridgehead atoms. The molecule has 5 aromatic heterocycles. The zero-order valence-corrected chi connectivity index (χ0v) is 42.9. The highest BCUT2D eigenvalue weighted by Crippen LogP contribution is 2.46. The Bertz CT molecular complexity index is 3300. The van der Waals surface area contributed by atoms with Gasteiger partial charge in [-0.15, -0.1) is 10.2 Å². The summed E-state index contributed by atoms with van der Waals surface area (Å²) in [5.74, 6) is -7.47. The molecule has 0 saturated heterocycles. The minimum atomic E-state index is -5.54. The van der Waals surface area contributed by atoms with Crippen molar-refractivity contribution in [3.05, 3.63) is 99.5 Å². The van der Waals surface area contributed by atoms with Crippen LogP contribution in [-0.4, -0.2) is 92.5 Å². The molecular formula is C50H51F12N12O6+. The fourth-order valence-corrected chi connectivity index (χ4v) is 9.20. The van der Waals surface area contributed by atoms with Crippen LogP contribution in [-0.2, 0) is 43.1 Å². The number of hydrogen-bond donors (Lipinski definition) is 4. The lowest BCUT2D eigenvalue weighted by molar-refractivity contribution is -0.650. The van der Waals surface area contributed by atoms with Crippen LogP contribution in [0.3, 0.4) is 0 Å².